The molecule has 2 rings (SSSR count). The van der Waals surface area contributed by atoms with Crippen LogP contribution in [0.3, 0.4) is 0 Å². The minimum atomic E-state index is -0.955. The van der Waals surface area contributed by atoms with Crippen LogP contribution in [0.5, 0.6) is 0 Å². The number of carbonyl (C=O) groups excluding carboxylic acids is 3. The van der Waals surface area contributed by atoms with E-state index in [2.05, 4.69) is 26.1 Å². The van der Waals surface area contributed by atoms with Crippen molar-refractivity contribution in [3.8, 4) is 0 Å². The average molecular weight is 266 g/mol. The summed E-state index contributed by atoms with van der Waals surface area (Å²) in [5, 5.41) is 2.33. The fourth-order valence-electron chi connectivity index (χ4n) is 3.17. The van der Waals surface area contributed by atoms with Crippen molar-refractivity contribution in [3.05, 3.63) is 0 Å². The highest BCUT2D eigenvalue weighted by Gasteiger charge is 2.64. The highest BCUT2D eigenvalue weighted by Crippen LogP contribution is 2.50. The largest absolute Gasteiger partial charge is 0.331 e. The first-order valence-corrected chi connectivity index (χ1v) is 6.70. The predicted octanol–water partition coefficient (Wildman–Crippen LogP) is 2.06. The summed E-state index contributed by atoms with van der Waals surface area (Å²) < 4.78 is 0. The summed E-state index contributed by atoms with van der Waals surface area (Å²) in [6.45, 7) is 9.96. The Morgan fingerprint density at radius 3 is 2.05 bits per heavy atom. The van der Waals surface area contributed by atoms with Crippen molar-refractivity contribution in [2.24, 2.45) is 10.8 Å². The van der Waals surface area contributed by atoms with E-state index in [4.69, 9.17) is 0 Å². The molecule has 1 saturated heterocycles. The summed E-state index contributed by atoms with van der Waals surface area (Å²) >= 11 is 0. The van der Waals surface area contributed by atoms with Crippen LogP contribution in [0, 0.1) is 10.8 Å². The zero-order chi connectivity index (χ0) is 14.6. The molecule has 1 N–H and O–H groups in total. The summed E-state index contributed by atoms with van der Waals surface area (Å²) in [5.74, 6) is -0.749. The SMILES string of the molecule is CC(C)(C)CC(C)(C)N1C(=O)NC(=O)C2(CC2)C1=O. The lowest BCUT2D eigenvalue weighted by molar-refractivity contribution is -0.148. The molecule has 0 unspecified atom stereocenters. The van der Waals surface area contributed by atoms with E-state index in [1.54, 1.807) is 0 Å². The van der Waals surface area contributed by atoms with Gasteiger partial charge in [0.2, 0.25) is 11.8 Å². The second-order valence-corrected chi connectivity index (χ2v) is 7.53. The molecule has 1 aliphatic heterocycles. The standard InChI is InChI=1S/C14H22N2O3/c1-12(2,3)8-13(4,5)16-10(18)14(6-7-14)9(17)15-11(16)19/h6-8H2,1-5H3,(H,15,17,19). The minimum absolute atomic E-state index is 0.0117. The van der Waals surface area contributed by atoms with Crippen LogP contribution in [-0.2, 0) is 9.59 Å². The molecule has 0 atom stereocenters. The van der Waals surface area contributed by atoms with Gasteiger partial charge in [-0.25, -0.2) is 4.79 Å². The van der Waals surface area contributed by atoms with Gasteiger partial charge in [-0.05, 0) is 38.5 Å². The van der Waals surface area contributed by atoms with Gasteiger partial charge in [-0.2, -0.15) is 0 Å². The molecule has 2 aliphatic rings. The molecule has 1 aliphatic carbocycles. The van der Waals surface area contributed by atoms with E-state index in [0.29, 0.717) is 19.3 Å². The Morgan fingerprint density at radius 1 is 1.11 bits per heavy atom. The van der Waals surface area contributed by atoms with Crippen LogP contribution in [0.25, 0.3) is 0 Å². The van der Waals surface area contributed by atoms with Crippen molar-refractivity contribution in [3.63, 3.8) is 0 Å². The first kappa shape index (κ1) is 14.0. The quantitative estimate of drug-likeness (QED) is 0.778. The topological polar surface area (TPSA) is 66.5 Å². The minimum Gasteiger partial charge on any atom is -0.277 e. The summed E-state index contributed by atoms with van der Waals surface area (Å²) in [7, 11) is 0. The monoisotopic (exact) mass is 266 g/mol. The van der Waals surface area contributed by atoms with Gasteiger partial charge >= 0.3 is 6.03 Å². The smallest absolute Gasteiger partial charge is 0.277 e. The van der Waals surface area contributed by atoms with Gasteiger partial charge in [0.1, 0.15) is 5.41 Å². The zero-order valence-corrected chi connectivity index (χ0v) is 12.3. The van der Waals surface area contributed by atoms with Gasteiger partial charge in [-0.15, -0.1) is 0 Å². The van der Waals surface area contributed by atoms with E-state index in [9.17, 15) is 14.4 Å². The third-order valence-electron chi connectivity index (χ3n) is 3.79. The Kier molecular flexibility index (Phi) is 2.81. The number of hydrogen-bond donors (Lipinski definition) is 1. The van der Waals surface area contributed by atoms with E-state index < -0.39 is 22.9 Å². The Balaban J connectivity index is 2.30. The van der Waals surface area contributed by atoms with Crippen LogP contribution in [0.4, 0.5) is 4.79 Å². The third-order valence-corrected chi connectivity index (χ3v) is 3.79. The fraction of sp³-hybridized carbons (Fsp3) is 0.786. The van der Waals surface area contributed by atoms with Crippen molar-refractivity contribution in [2.45, 2.75) is 59.4 Å². The molecule has 2 fully saturated rings. The summed E-state index contributed by atoms with van der Waals surface area (Å²) in [4.78, 5) is 37.6. The Hall–Kier alpha value is -1.39. The molecule has 5 nitrogen and oxygen atoms in total. The maximum absolute atomic E-state index is 12.5. The lowest BCUT2D eigenvalue weighted by Crippen LogP contribution is -2.65. The van der Waals surface area contributed by atoms with Gasteiger partial charge in [0.25, 0.3) is 0 Å². The Labute approximate surface area is 113 Å². The number of barbiturate groups is 1. The van der Waals surface area contributed by atoms with E-state index >= 15 is 0 Å². The molecule has 0 aromatic rings. The average Bonchev–Trinajstić information content (AvgIpc) is 2.90. The van der Waals surface area contributed by atoms with Crippen molar-refractivity contribution in [1.82, 2.24) is 10.2 Å². The van der Waals surface area contributed by atoms with Crippen molar-refractivity contribution >= 4 is 17.8 Å². The van der Waals surface area contributed by atoms with Gasteiger partial charge in [-0.1, -0.05) is 20.8 Å². The number of amides is 4. The number of imide groups is 2. The lowest BCUT2D eigenvalue weighted by atomic mass is 9.80. The van der Waals surface area contributed by atoms with Crippen LogP contribution in [-0.4, -0.2) is 28.3 Å². The van der Waals surface area contributed by atoms with Gasteiger partial charge < -0.3 is 0 Å². The van der Waals surface area contributed by atoms with Crippen molar-refractivity contribution < 1.29 is 14.4 Å². The Morgan fingerprint density at radius 2 is 1.63 bits per heavy atom. The molecule has 0 aromatic carbocycles. The molecule has 19 heavy (non-hydrogen) atoms. The summed E-state index contributed by atoms with van der Waals surface area (Å²) in [6.07, 6.45) is 1.78. The van der Waals surface area contributed by atoms with Crippen LogP contribution in [0.1, 0.15) is 53.9 Å². The number of hydrogen-bond acceptors (Lipinski definition) is 3. The first-order valence-electron chi connectivity index (χ1n) is 6.70. The molecule has 1 saturated carbocycles. The second kappa shape index (κ2) is 3.81. The molecule has 0 aromatic heterocycles. The Bertz CT molecular complexity index is 456. The maximum Gasteiger partial charge on any atom is 0.331 e. The van der Waals surface area contributed by atoms with Crippen LogP contribution in [0.15, 0.2) is 0 Å². The highest BCUT2D eigenvalue weighted by molar-refractivity contribution is 6.21. The predicted molar refractivity (Wildman–Crippen MR) is 70.2 cm³/mol. The molecule has 1 spiro atoms. The van der Waals surface area contributed by atoms with E-state index in [1.165, 1.54) is 4.90 Å². The van der Waals surface area contributed by atoms with Gasteiger partial charge in [0, 0.05) is 5.54 Å². The molecular weight excluding hydrogens is 244 g/mol. The number of carbonyl (C=O) groups is 3. The molecule has 0 radical (unpaired) electrons. The molecule has 0 bridgehead atoms. The molecular formula is C14H22N2O3. The van der Waals surface area contributed by atoms with Crippen LogP contribution < -0.4 is 5.32 Å². The van der Waals surface area contributed by atoms with Crippen LogP contribution in [0.2, 0.25) is 0 Å². The number of rotatable bonds is 2. The highest BCUT2D eigenvalue weighted by atomic mass is 16.2. The second-order valence-electron chi connectivity index (χ2n) is 7.53. The first-order chi connectivity index (χ1) is 8.50. The normalized spacial score (nSPS) is 22.8. The molecule has 5 heteroatoms. The van der Waals surface area contributed by atoms with Crippen LogP contribution >= 0.6 is 0 Å². The van der Waals surface area contributed by atoms with E-state index in [0.717, 1.165) is 0 Å². The molecule has 1 heterocycles. The van der Waals surface area contributed by atoms with Crippen molar-refractivity contribution in [1.29, 1.82) is 0 Å². The number of nitrogens with one attached hydrogen (secondary N) is 1. The molecule has 106 valence electrons. The lowest BCUT2D eigenvalue weighted by Gasteiger charge is -2.44. The van der Waals surface area contributed by atoms with Gasteiger partial charge in [0.15, 0.2) is 0 Å². The fourth-order valence-corrected chi connectivity index (χ4v) is 3.17. The van der Waals surface area contributed by atoms with E-state index in [1.807, 2.05) is 13.8 Å². The van der Waals surface area contributed by atoms with Crippen molar-refractivity contribution in [2.75, 3.05) is 0 Å². The summed E-state index contributed by atoms with van der Waals surface area (Å²) in [6, 6.07) is -0.582. The summed E-state index contributed by atoms with van der Waals surface area (Å²) in [5.41, 5.74) is -1.57. The van der Waals surface area contributed by atoms with E-state index in [-0.39, 0.29) is 11.3 Å². The third kappa shape index (κ3) is 2.26. The number of nitrogens with zero attached hydrogens (tertiary/aromatic N) is 1. The maximum atomic E-state index is 12.5. The van der Waals surface area contributed by atoms with Gasteiger partial charge in [0.05, 0.1) is 0 Å². The molecule has 4 amide bonds. The van der Waals surface area contributed by atoms with Gasteiger partial charge in [-0.3, -0.25) is 19.8 Å². The zero-order valence-electron chi connectivity index (χ0n) is 12.3. The number of urea groups is 1.